The molecule has 0 aromatic carbocycles. The Hall–Kier alpha value is -0.570. The van der Waals surface area contributed by atoms with Gasteiger partial charge in [0.15, 0.2) is 0 Å². The highest BCUT2D eigenvalue weighted by Gasteiger charge is 2.58. The molecule has 0 saturated heterocycles. The van der Waals surface area contributed by atoms with E-state index in [2.05, 4.69) is 44.9 Å². The van der Waals surface area contributed by atoms with Crippen molar-refractivity contribution in [3.05, 3.63) is 0 Å². The molecule has 0 radical (unpaired) electrons. The van der Waals surface area contributed by atoms with Crippen LogP contribution in [0.5, 0.6) is 0 Å². The fourth-order valence-electron chi connectivity index (χ4n) is 3.94. The van der Waals surface area contributed by atoms with Crippen LogP contribution >= 0.6 is 0 Å². The van der Waals surface area contributed by atoms with Gasteiger partial charge in [0.2, 0.25) is 0 Å². The summed E-state index contributed by atoms with van der Waals surface area (Å²) in [5.74, 6) is 2.29. The van der Waals surface area contributed by atoms with Crippen LogP contribution in [0.1, 0.15) is 27.2 Å². The molecular formula is C13H24N2O. The third-order valence-electron chi connectivity index (χ3n) is 5.16. The van der Waals surface area contributed by atoms with Crippen molar-refractivity contribution in [1.29, 1.82) is 0 Å². The van der Waals surface area contributed by atoms with Gasteiger partial charge in [-0.2, -0.15) is 0 Å². The normalized spacial score (nSPS) is 43.5. The van der Waals surface area contributed by atoms with E-state index in [1.165, 1.54) is 6.42 Å². The lowest BCUT2D eigenvalue weighted by Crippen LogP contribution is -2.43. The average molecular weight is 224 g/mol. The van der Waals surface area contributed by atoms with E-state index < -0.39 is 0 Å². The van der Waals surface area contributed by atoms with Crippen LogP contribution in [0.15, 0.2) is 5.16 Å². The summed E-state index contributed by atoms with van der Waals surface area (Å²) in [5.41, 5.74) is 1.45. The van der Waals surface area contributed by atoms with Crippen LogP contribution in [0.4, 0.5) is 0 Å². The quantitative estimate of drug-likeness (QED) is 0.577. The van der Waals surface area contributed by atoms with Gasteiger partial charge in [0.1, 0.15) is 0 Å². The monoisotopic (exact) mass is 224 g/mol. The Morgan fingerprint density at radius 2 is 2.06 bits per heavy atom. The lowest BCUT2D eigenvalue weighted by Gasteiger charge is -2.41. The number of fused-ring (bicyclic) bond motifs is 2. The Morgan fingerprint density at radius 1 is 1.44 bits per heavy atom. The second-order valence-corrected chi connectivity index (χ2v) is 6.45. The molecule has 3 heteroatoms. The van der Waals surface area contributed by atoms with Gasteiger partial charge in [-0.3, -0.25) is 0 Å². The van der Waals surface area contributed by atoms with Gasteiger partial charge in [-0.1, -0.05) is 25.9 Å². The van der Waals surface area contributed by atoms with E-state index in [0.717, 1.165) is 12.3 Å². The van der Waals surface area contributed by atoms with Gasteiger partial charge in [-0.25, -0.2) is 0 Å². The molecule has 2 saturated carbocycles. The highest BCUT2D eigenvalue weighted by atomic mass is 16.4. The predicted molar refractivity (Wildman–Crippen MR) is 65.8 cm³/mol. The maximum absolute atomic E-state index is 9.23. The number of hydrogen-bond acceptors (Lipinski definition) is 3. The summed E-state index contributed by atoms with van der Waals surface area (Å²) >= 11 is 0. The lowest BCUT2D eigenvalue weighted by molar-refractivity contribution is 0.128. The molecule has 2 bridgehead atoms. The molecule has 0 heterocycles. The first-order valence-electron chi connectivity index (χ1n) is 6.26. The summed E-state index contributed by atoms with van der Waals surface area (Å²) in [4.78, 5) is 2.21. The molecule has 0 spiro atoms. The zero-order valence-corrected chi connectivity index (χ0v) is 11.1. The number of nitrogens with zero attached hydrogens (tertiary/aromatic N) is 2. The summed E-state index contributed by atoms with van der Waals surface area (Å²) in [7, 11) is 4.19. The highest BCUT2D eigenvalue weighted by Crippen LogP contribution is 2.60. The molecule has 2 fully saturated rings. The molecule has 2 aliphatic rings. The largest absolute Gasteiger partial charge is 0.411 e. The van der Waals surface area contributed by atoms with Gasteiger partial charge in [0.25, 0.3) is 0 Å². The Balaban J connectivity index is 2.27. The Labute approximate surface area is 98.5 Å². The van der Waals surface area contributed by atoms with E-state index in [9.17, 15) is 5.21 Å². The molecule has 3 nitrogen and oxygen atoms in total. The molecule has 2 rings (SSSR count). The summed E-state index contributed by atoms with van der Waals surface area (Å²) in [5, 5.41) is 12.8. The number of rotatable bonds is 2. The van der Waals surface area contributed by atoms with E-state index in [-0.39, 0.29) is 0 Å². The minimum atomic E-state index is 0.388. The van der Waals surface area contributed by atoms with Gasteiger partial charge in [-0.05, 0) is 37.8 Å². The van der Waals surface area contributed by atoms with Crippen LogP contribution in [0, 0.1) is 29.1 Å². The predicted octanol–water partition coefficient (Wildman–Crippen LogP) is 2.31. The molecule has 92 valence electrons. The second-order valence-electron chi connectivity index (χ2n) is 6.45. The summed E-state index contributed by atoms with van der Waals surface area (Å²) in [6.07, 6.45) is 1.21. The van der Waals surface area contributed by atoms with E-state index in [4.69, 9.17) is 0 Å². The number of oxime groups is 1. The van der Waals surface area contributed by atoms with E-state index >= 15 is 0 Å². The summed E-state index contributed by atoms with van der Waals surface area (Å²) < 4.78 is 0. The highest BCUT2D eigenvalue weighted by molar-refractivity contribution is 5.92. The average Bonchev–Trinajstić information content (AvgIpc) is 2.63. The standard InChI is InChI=1S/C13H24N2O/c1-8-9-6-11(13(8,2)3)10(7-15(4)5)12(9)14-16/h8-11,16H,6-7H2,1-5H3/t8-,9-,10-,11+/m1/s1. The van der Waals surface area contributed by atoms with Crippen molar-refractivity contribution >= 4 is 5.71 Å². The van der Waals surface area contributed by atoms with Crippen molar-refractivity contribution in [3.8, 4) is 0 Å². The topological polar surface area (TPSA) is 35.8 Å². The first-order chi connectivity index (χ1) is 7.39. The van der Waals surface area contributed by atoms with Gasteiger partial charge in [-0.15, -0.1) is 0 Å². The van der Waals surface area contributed by atoms with Crippen LogP contribution in [0.3, 0.4) is 0 Å². The van der Waals surface area contributed by atoms with Crippen LogP contribution in [0.25, 0.3) is 0 Å². The minimum absolute atomic E-state index is 0.388. The van der Waals surface area contributed by atoms with Gasteiger partial charge in [0, 0.05) is 18.4 Å². The maximum Gasteiger partial charge on any atom is 0.0651 e. The molecule has 2 aliphatic carbocycles. The zero-order chi connectivity index (χ0) is 12.1. The smallest absolute Gasteiger partial charge is 0.0651 e. The SMILES string of the molecule is C[C@@H]1[C@H]2C[C@@H]([C@@H](CN(C)C)C2=NO)C1(C)C. The van der Waals surface area contributed by atoms with Crippen molar-refractivity contribution < 1.29 is 5.21 Å². The van der Waals surface area contributed by atoms with E-state index in [0.29, 0.717) is 29.1 Å². The van der Waals surface area contributed by atoms with Crippen LogP contribution in [-0.4, -0.2) is 36.5 Å². The minimum Gasteiger partial charge on any atom is -0.411 e. The first-order valence-corrected chi connectivity index (χ1v) is 6.26. The Morgan fingerprint density at radius 3 is 2.56 bits per heavy atom. The zero-order valence-electron chi connectivity index (χ0n) is 11.1. The molecule has 4 atom stereocenters. The van der Waals surface area contributed by atoms with Crippen LogP contribution in [0.2, 0.25) is 0 Å². The molecule has 0 amide bonds. The van der Waals surface area contributed by atoms with Crippen molar-refractivity contribution in [1.82, 2.24) is 4.90 Å². The summed E-state index contributed by atoms with van der Waals surface area (Å²) in [6.45, 7) is 8.07. The summed E-state index contributed by atoms with van der Waals surface area (Å²) in [6, 6.07) is 0. The molecule has 0 aromatic heterocycles. The van der Waals surface area contributed by atoms with Crippen LogP contribution in [-0.2, 0) is 0 Å². The first kappa shape index (κ1) is 11.9. The van der Waals surface area contributed by atoms with Gasteiger partial charge in [0.05, 0.1) is 5.71 Å². The number of hydrogen-bond donors (Lipinski definition) is 1. The second kappa shape index (κ2) is 3.73. The molecule has 0 aromatic rings. The van der Waals surface area contributed by atoms with E-state index in [1.54, 1.807) is 0 Å². The van der Waals surface area contributed by atoms with Crippen molar-refractivity contribution in [2.75, 3.05) is 20.6 Å². The van der Waals surface area contributed by atoms with E-state index in [1.807, 2.05) is 0 Å². The molecular weight excluding hydrogens is 200 g/mol. The molecule has 1 N–H and O–H groups in total. The Kier molecular flexibility index (Phi) is 2.77. The molecule has 0 unspecified atom stereocenters. The van der Waals surface area contributed by atoms with Crippen LogP contribution < -0.4 is 0 Å². The Bertz CT molecular complexity index is 309. The lowest BCUT2D eigenvalue weighted by atomic mass is 9.64. The fourth-order valence-corrected chi connectivity index (χ4v) is 3.94. The van der Waals surface area contributed by atoms with Gasteiger partial charge >= 0.3 is 0 Å². The third-order valence-corrected chi connectivity index (χ3v) is 5.16. The fraction of sp³-hybridized carbons (Fsp3) is 0.923. The van der Waals surface area contributed by atoms with Crippen molar-refractivity contribution in [3.63, 3.8) is 0 Å². The maximum atomic E-state index is 9.23. The van der Waals surface area contributed by atoms with Gasteiger partial charge < -0.3 is 10.1 Å². The molecule has 0 aliphatic heterocycles. The van der Waals surface area contributed by atoms with Crippen molar-refractivity contribution in [2.45, 2.75) is 27.2 Å². The third kappa shape index (κ3) is 1.48. The molecule has 16 heavy (non-hydrogen) atoms. The van der Waals surface area contributed by atoms with Crippen molar-refractivity contribution in [2.24, 2.45) is 34.2 Å².